The molecule has 12 nitrogen and oxygen atoms in total. The lowest BCUT2D eigenvalue weighted by Gasteiger charge is -2.31. The first kappa shape index (κ1) is 39.8. The van der Waals surface area contributed by atoms with Crippen LogP contribution in [0.1, 0.15) is 35.6 Å². The predicted octanol–water partition coefficient (Wildman–Crippen LogP) is 7.00. The number of aromatic nitrogens is 1. The number of benzene rings is 5. The Morgan fingerprint density at radius 1 is 0.828 bits per heavy atom. The quantitative estimate of drug-likeness (QED) is 0.0644. The third kappa shape index (κ3) is 10.5. The molecule has 298 valence electrons. The van der Waals surface area contributed by atoms with E-state index < -0.39 is 12.2 Å². The van der Waals surface area contributed by atoms with Gasteiger partial charge in [0.25, 0.3) is 5.91 Å². The highest BCUT2D eigenvalue weighted by atomic mass is 16.6. The van der Waals surface area contributed by atoms with E-state index in [1.807, 2.05) is 97.1 Å². The molecule has 0 saturated carbocycles. The van der Waals surface area contributed by atoms with Gasteiger partial charge in [-0.05, 0) is 72.4 Å². The van der Waals surface area contributed by atoms with E-state index in [0.717, 1.165) is 66.8 Å². The Labute approximate surface area is 336 Å². The van der Waals surface area contributed by atoms with Gasteiger partial charge in [0, 0.05) is 61.0 Å². The van der Waals surface area contributed by atoms with Gasteiger partial charge in [-0.15, -0.1) is 0 Å². The van der Waals surface area contributed by atoms with Crippen molar-refractivity contribution < 1.29 is 29.3 Å². The number of H-pyrrole nitrogens is 1. The Morgan fingerprint density at radius 2 is 1.57 bits per heavy atom. The minimum atomic E-state index is -0.909. The molecule has 5 aromatic carbocycles. The molecule has 12 heteroatoms. The lowest BCUT2D eigenvalue weighted by molar-refractivity contribution is -0.118. The van der Waals surface area contributed by atoms with Crippen LogP contribution in [-0.4, -0.2) is 71.0 Å². The summed E-state index contributed by atoms with van der Waals surface area (Å²) in [4.78, 5) is 42.4. The largest absolute Gasteiger partial charge is 0.506 e. The van der Waals surface area contributed by atoms with Crippen molar-refractivity contribution >= 4 is 34.3 Å². The fraction of sp³-hybridized carbons (Fsp3) is 0.239. The second kappa shape index (κ2) is 19.1. The van der Waals surface area contributed by atoms with Crippen LogP contribution in [0.15, 0.2) is 132 Å². The number of para-hydroxylation sites is 2. The number of phenolic OH excluding ortho intramolecular Hbond substituents is 1. The van der Waals surface area contributed by atoms with Crippen LogP contribution in [-0.2, 0) is 22.5 Å². The molecule has 2 heterocycles. The smallest absolute Gasteiger partial charge is 0.411 e. The van der Waals surface area contributed by atoms with Crippen molar-refractivity contribution in [1.29, 1.82) is 0 Å². The first-order valence-electron chi connectivity index (χ1n) is 19.5. The number of aliphatic hydroxyl groups is 1. The monoisotopic (exact) mass is 781 g/mol. The molecule has 6 N–H and O–H groups in total. The first-order valence-corrected chi connectivity index (χ1v) is 19.5. The van der Waals surface area contributed by atoms with Gasteiger partial charge < -0.3 is 40.2 Å². The summed E-state index contributed by atoms with van der Waals surface area (Å²) < 4.78 is 11.7. The molecule has 1 saturated heterocycles. The van der Waals surface area contributed by atoms with E-state index in [1.54, 1.807) is 18.2 Å². The molecule has 0 bridgehead atoms. The zero-order valence-electron chi connectivity index (χ0n) is 32.0. The number of hydrogen-bond donors (Lipinski definition) is 6. The second-order valence-electron chi connectivity index (χ2n) is 14.3. The number of fused-ring (bicyclic) bond motifs is 1. The van der Waals surface area contributed by atoms with E-state index in [1.165, 1.54) is 12.1 Å². The fourth-order valence-corrected chi connectivity index (χ4v) is 7.18. The van der Waals surface area contributed by atoms with E-state index in [9.17, 15) is 24.6 Å². The SMILES string of the molecule is O=C(COc1ccccc1CNC[C@H](O)c1ccc(O)c2[nH]c(=O)ccc12)Nc1ccc(CCN2CCC(OC(=O)Nc3ccccc3-c3ccccc3)CC2)cc1. The highest BCUT2D eigenvalue weighted by molar-refractivity contribution is 5.92. The zero-order chi connectivity index (χ0) is 40.3. The van der Waals surface area contributed by atoms with Crippen molar-refractivity contribution in [3.8, 4) is 22.6 Å². The van der Waals surface area contributed by atoms with Crippen LogP contribution in [0.5, 0.6) is 11.5 Å². The van der Waals surface area contributed by atoms with E-state index >= 15 is 0 Å². The number of rotatable bonds is 15. The van der Waals surface area contributed by atoms with Gasteiger partial charge in [0.15, 0.2) is 6.61 Å². The standard InChI is InChI=1S/C46H47N5O7/c52-40-20-18-37(38-19-21-43(54)50-45(38)40)41(53)29-47-28-33-10-4-7-13-42(33)57-30-44(55)48-34-16-14-31(15-17-34)22-25-51-26-23-35(24-27-51)58-46(56)49-39-12-6-5-11-36(39)32-8-2-1-3-9-32/h1-21,35,41,47,52-53H,22-30H2,(H,48,55)(H,49,56)(H,50,54)/t41-/m0/s1. The molecule has 0 radical (unpaired) electrons. The number of amides is 2. The minimum absolute atomic E-state index is 0.0680. The molecule has 1 atom stereocenters. The van der Waals surface area contributed by atoms with Gasteiger partial charge in [-0.3, -0.25) is 14.9 Å². The normalized spacial score (nSPS) is 13.8. The van der Waals surface area contributed by atoms with E-state index in [4.69, 9.17) is 9.47 Å². The molecule has 0 unspecified atom stereocenters. The van der Waals surface area contributed by atoms with Crippen molar-refractivity contribution in [3.63, 3.8) is 0 Å². The summed E-state index contributed by atoms with van der Waals surface area (Å²) in [6.07, 6.45) is 0.922. The van der Waals surface area contributed by atoms with Crippen molar-refractivity contribution in [3.05, 3.63) is 154 Å². The number of ether oxygens (including phenoxy) is 2. The number of nitrogens with zero attached hydrogens (tertiary/aromatic N) is 1. The number of piperidine rings is 1. The molecule has 1 fully saturated rings. The van der Waals surface area contributed by atoms with Gasteiger partial charge >= 0.3 is 6.09 Å². The van der Waals surface area contributed by atoms with Crippen LogP contribution in [0.4, 0.5) is 16.2 Å². The van der Waals surface area contributed by atoms with Gasteiger partial charge in [-0.25, -0.2) is 4.79 Å². The zero-order valence-corrected chi connectivity index (χ0v) is 32.0. The topological polar surface area (TPSA) is 165 Å². The summed E-state index contributed by atoms with van der Waals surface area (Å²) in [5.74, 6) is 0.190. The van der Waals surface area contributed by atoms with Crippen LogP contribution in [0, 0.1) is 0 Å². The lowest BCUT2D eigenvalue weighted by atomic mass is 10.0. The molecule has 0 spiro atoms. The number of carbonyl (C=O) groups excluding carboxylic acids is 2. The number of aliphatic hydroxyl groups excluding tert-OH is 1. The number of aromatic hydroxyl groups is 1. The van der Waals surface area contributed by atoms with Gasteiger partial charge in [0.2, 0.25) is 5.56 Å². The van der Waals surface area contributed by atoms with Crippen molar-refractivity contribution in [2.45, 2.75) is 38.0 Å². The Kier molecular flexibility index (Phi) is 13.1. The summed E-state index contributed by atoms with van der Waals surface area (Å²) in [6, 6.07) is 38.9. The maximum absolute atomic E-state index is 12.8. The number of pyridine rings is 1. The van der Waals surface area contributed by atoms with Crippen LogP contribution in [0.3, 0.4) is 0 Å². The summed E-state index contributed by atoms with van der Waals surface area (Å²) in [5.41, 5.74) is 5.84. The number of likely N-dealkylation sites (tertiary alicyclic amines) is 1. The molecule has 6 aromatic rings. The Balaban J connectivity index is 0.807. The maximum atomic E-state index is 12.8. The highest BCUT2D eigenvalue weighted by Crippen LogP contribution is 2.30. The molecule has 7 rings (SSSR count). The maximum Gasteiger partial charge on any atom is 0.411 e. The van der Waals surface area contributed by atoms with Gasteiger partial charge in [0.1, 0.15) is 17.6 Å². The fourth-order valence-electron chi connectivity index (χ4n) is 7.18. The van der Waals surface area contributed by atoms with Gasteiger partial charge in [-0.2, -0.15) is 0 Å². The predicted molar refractivity (Wildman–Crippen MR) is 225 cm³/mol. The summed E-state index contributed by atoms with van der Waals surface area (Å²) in [7, 11) is 0. The van der Waals surface area contributed by atoms with E-state index in [0.29, 0.717) is 28.9 Å². The van der Waals surface area contributed by atoms with Crippen molar-refractivity contribution in [1.82, 2.24) is 15.2 Å². The lowest BCUT2D eigenvalue weighted by Crippen LogP contribution is -2.39. The Bertz CT molecular complexity index is 2380. The van der Waals surface area contributed by atoms with E-state index in [-0.39, 0.29) is 42.0 Å². The third-order valence-corrected chi connectivity index (χ3v) is 10.3. The number of hydrogen-bond acceptors (Lipinski definition) is 9. The van der Waals surface area contributed by atoms with Crippen LogP contribution in [0.2, 0.25) is 0 Å². The average molecular weight is 782 g/mol. The molecular formula is C46H47N5O7. The van der Waals surface area contributed by atoms with Crippen molar-refractivity contribution in [2.24, 2.45) is 0 Å². The highest BCUT2D eigenvalue weighted by Gasteiger charge is 2.23. The summed E-state index contributed by atoms with van der Waals surface area (Å²) in [6.45, 7) is 2.96. The number of phenols is 1. The van der Waals surface area contributed by atoms with Gasteiger partial charge in [-0.1, -0.05) is 84.9 Å². The van der Waals surface area contributed by atoms with Crippen LogP contribution >= 0.6 is 0 Å². The second-order valence-corrected chi connectivity index (χ2v) is 14.3. The van der Waals surface area contributed by atoms with E-state index in [2.05, 4.69) is 25.8 Å². The first-order chi connectivity index (χ1) is 28.3. The molecular weight excluding hydrogens is 735 g/mol. The molecule has 1 aromatic heterocycles. The summed E-state index contributed by atoms with van der Waals surface area (Å²) >= 11 is 0. The van der Waals surface area contributed by atoms with Crippen LogP contribution < -0.4 is 26.2 Å². The number of carbonyl (C=O) groups is 2. The Morgan fingerprint density at radius 3 is 2.38 bits per heavy atom. The van der Waals surface area contributed by atoms with Crippen molar-refractivity contribution in [2.75, 3.05) is 43.4 Å². The van der Waals surface area contributed by atoms with Gasteiger partial charge in [0.05, 0.1) is 17.3 Å². The molecule has 1 aliphatic rings. The summed E-state index contributed by atoms with van der Waals surface area (Å²) in [5, 5.41) is 30.7. The average Bonchev–Trinajstić information content (AvgIpc) is 3.24. The number of aromatic amines is 1. The third-order valence-electron chi connectivity index (χ3n) is 10.3. The van der Waals surface area contributed by atoms with Crippen LogP contribution in [0.25, 0.3) is 22.0 Å². The minimum Gasteiger partial charge on any atom is -0.506 e. The molecule has 0 aliphatic carbocycles. The molecule has 58 heavy (non-hydrogen) atoms. The number of anilines is 2. The number of nitrogens with one attached hydrogen (secondary N) is 4. The Hall–Kier alpha value is -6.47. The molecule has 2 amide bonds. The molecule has 1 aliphatic heterocycles.